The highest BCUT2D eigenvalue weighted by atomic mass is 32.2. The maximum Gasteiger partial charge on any atom is 0.306 e. The van der Waals surface area contributed by atoms with Crippen LogP contribution in [0.25, 0.3) is 0 Å². The van der Waals surface area contributed by atoms with E-state index in [9.17, 15) is 13.2 Å². The molecule has 0 aromatic heterocycles. The highest BCUT2D eigenvalue weighted by Crippen LogP contribution is 2.23. The van der Waals surface area contributed by atoms with Gasteiger partial charge >= 0.3 is 5.97 Å². The van der Waals surface area contributed by atoms with E-state index in [4.69, 9.17) is 9.84 Å². The monoisotopic (exact) mass is 318 g/mol. The second-order valence-electron chi connectivity index (χ2n) is 5.42. The number of carboxylic acids is 1. The van der Waals surface area contributed by atoms with Crippen molar-refractivity contribution in [1.29, 1.82) is 0 Å². The number of piperidine rings is 1. The van der Waals surface area contributed by atoms with E-state index in [2.05, 4.69) is 0 Å². The van der Waals surface area contributed by atoms with Gasteiger partial charge in [0, 0.05) is 33.3 Å². The summed E-state index contributed by atoms with van der Waals surface area (Å²) in [5.41, 5.74) is 1.12. The number of methoxy groups -OCH3 is 1. The van der Waals surface area contributed by atoms with Crippen LogP contribution in [0.4, 0.5) is 0 Å². The maximum atomic E-state index is 12.5. The fraction of sp³-hybridized carbons (Fsp3) is 0.769. The normalized spacial score (nSPS) is 23.0. The minimum atomic E-state index is -3.48. The van der Waals surface area contributed by atoms with Gasteiger partial charge in [-0.25, -0.2) is 0 Å². The Bertz CT molecular complexity index is 509. The van der Waals surface area contributed by atoms with Crippen molar-refractivity contribution >= 4 is 16.2 Å². The van der Waals surface area contributed by atoms with Gasteiger partial charge in [0.2, 0.25) is 0 Å². The highest BCUT2D eigenvalue weighted by Gasteiger charge is 2.35. The molecule has 2 rings (SSSR count). The third-order valence-electron chi connectivity index (χ3n) is 4.05. The van der Waals surface area contributed by atoms with Gasteiger partial charge in [0.25, 0.3) is 10.2 Å². The van der Waals surface area contributed by atoms with E-state index < -0.39 is 22.1 Å². The van der Waals surface area contributed by atoms with Crippen LogP contribution < -0.4 is 0 Å². The molecule has 21 heavy (non-hydrogen) atoms. The van der Waals surface area contributed by atoms with Crippen molar-refractivity contribution < 1.29 is 23.1 Å². The van der Waals surface area contributed by atoms with E-state index in [-0.39, 0.29) is 13.1 Å². The number of nitrogens with zero attached hydrogens (tertiary/aromatic N) is 2. The maximum absolute atomic E-state index is 12.5. The first-order valence-electron chi connectivity index (χ1n) is 7.10. The largest absolute Gasteiger partial charge is 0.481 e. The van der Waals surface area contributed by atoms with Crippen LogP contribution >= 0.6 is 0 Å². The van der Waals surface area contributed by atoms with E-state index in [1.165, 1.54) is 8.61 Å². The minimum absolute atomic E-state index is 0.282. The van der Waals surface area contributed by atoms with Gasteiger partial charge in [0.1, 0.15) is 0 Å². The van der Waals surface area contributed by atoms with E-state index in [1.54, 1.807) is 7.11 Å². The lowest BCUT2D eigenvalue weighted by Crippen LogP contribution is -2.49. The fourth-order valence-corrected chi connectivity index (χ4v) is 4.30. The molecular formula is C13H22N2O5S. The Hall–Kier alpha value is -0.960. The van der Waals surface area contributed by atoms with Gasteiger partial charge in [-0.3, -0.25) is 4.79 Å². The Morgan fingerprint density at radius 1 is 1.33 bits per heavy atom. The SMILES string of the molecule is COCC1=CCN(S(=O)(=O)N2CCC(C(=O)O)CC2)CC1. The number of carbonyl (C=O) groups is 1. The molecule has 0 aliphatic carbocycles. The highest BCUT2D eigenvalue weighted by molar-refractivity contribution is 7.86. The molecule has 0 atom stereocenters. The molecule has 0 amide bonds. The van der Waals surface area contributed by atoms with Gasteiger partial charge in [-0.15, -0.1) is 0 Å². The lowest BCUT2D eigenvalue weighted by molar-refractivity contribution is -0.142. The molecule has 0 radical (unpaired) electrons. The standard InChI is InChI=1S/C13H22N2O5S/c1-20-10-11-2-6-14(7-3-11)21(18,19)15-8-4-12(5-9-15)13(16)17/h2,12H,3-10H2,1H3,(H,16,17). The molecule has 1 N–H and O–H groups in total. The minimum Gasteiger partial charge on any atom is -0.481 e. The summed E-state index contributed by atoms with van der Waals surface area (Å²) in [7, 11) is -1.86. The van der Waals surface area contributed by atoms with E-state index >= 15 is 0 Å². The summed E-state index contributed by atoms with van der Waals surface area (Å²) in [5.74, 6) is -1.26. The summed E-state index contributed by atoms with van der Waals surface area (Å²) in [5, 5.41) is 8.96. The van der Waals surface area contributed by atoms with Crippen LogP contribution in [0.3, 0.4) is 0 Å². The van der Waals surface area contributed by atoms with Crippen molar-refractivity contribution in [2.24, 2.45) is 5.92 Å². The molecule has 0 unspecified atom stereocenters. The van der Waals surface area contributed by atoms with Crippen molar-refractivity contribution in [3.63, 3.8) is 0 Å². The first-order valence-corrected chi connectivity index (χ1v) is 8.49. The first kappa shape index (κ1) is 16.4. The van der Waals surface area contributed by atoms with Crippen LogP contribution in [0.2, 0.25) is 0 Å². The summed E-state index contributed by atoms with van der Waals surface area (Å²) in [6.07, 6.45) is 3.34. The van der Waals surface area contributed by atoms with Crippen molar-refractivity contribution in [3.05, 3.63) is 11.6 Å². The van der Waals surface area contributed by atoms with Crippen LogP contribution in [0.5, 0.6) is 0 Å². The van der Waals surface area contributed by atoms with Crippen LogP contribution in [0, 0.1) is 5.92 Å². The predicted molar refractivity (Wildman–Crippen MR) is 77.0 cm³/mol. The number of hydrogen-bond donors (Lipinski definition) is 1. The van der Waals surface area contributed by atoms with Gasteiger partial charge in [-0.1, -0.05) is 6.08 Å². The molecule has 0 spiro atoms. The molecule has 2 aliphatic rings. The Balaban J connectivity index is 1.96. The molecule has 8 heteroatoms. The Kier molecular flexibility index (Phi) is 5.37. The summed E-state index contributed by atoms with van der Waals surface area (Å²) < 4.78 is 33.0. The average Bonchev–Trinajstić information content (AvgIpc) is 2.48. The second kappa shape index (κ2) is 6.87. The summed E-state index contributed by atoms with van der Waals surface area (Å²) in [4.78, 5) is 10.9. The van der Waals surface area contributed by atoms with Crippen LogP contribution in [-0.4, -0.2) is 68.0 Å². The number of aliphatic carboxylic acids is 1. The third-order valence-corrected chi connectivity index (χ3v) is 6.05. The fourth-order valence-electron chi connectivity index (χ4n) is 2.72. The molecule has 120 valence electrons. The second-order valence-corrected chi connectivity index (χ2v) is 7.35. The molecule has 0 saturated carbocycles. The first-order chi connectivity index (χ1) is 9.95. The number of carboxylic acid groups (broad SMARTS) is 1. The lowest BCUT2D eigenvalue weighted by atomic mass is 9.99. The van der Waals surface area contributed by atoms with E-state index in [0.717, 1.165) is 5.57 Å². The van der Waals surface area contributed by atoms with Gasteiger partial charge in [-0.2, -0.15) is 17.0 Å². The van der Waals surface area contributed by atoms with Crippen molar-refractivity contribution in [1.82, 2.24) is 8.61 Å². The summed E-state index contributed by atoms with van der Waals surface area (Å²) >= 11 is 0. The smallest absolute Gasteiger partial charge is 0.306 e. The topological polar surface area (TPSA) is 87.2 Å². The number of hydrogen-bond acceptors (Lipinski definition) is 4. The van der Waals surface area contributed by atoms with E-state index in [0.29, 0.717) is 39.0 Å². The number of ether oxygens (including phenoxy) is 1. The van der Waals surface area contributed by atoms with Crippen LogP contribution in [0.1, 0.15) is 19.3 Å². The average molecular weight is 318 g/mol. The molecule has 1 saturated heterocycles. The third kappa shape index (κ3) is 3.82. The van der Waals surface area contributed by atoms with Gasteiger partial charge in [0.15, 0.2) is 0 Å². The Morgan fingerprint density at radius 3 is 2.48 bits per heavy atom. The Labute approximate surface area is 125 Å². The molecular weight excluding hydrogens is 296 g/mol. The number of rotatable bonds is 5. The van der Waals surface area contributed by atoms with Gasteiger partial charge in [0.05, 0.1) is 12.5 Å². The summed E-state index contributed by atoms with van der Waals surface area (Å²) in [6.45, 7) is 1.92. The van der Waals surface area contributed by atoms with Crippen molar-refractivity contribution in [2.45, 2.75) is 19.3 Å². The molecule has 0 aromatic carbocycles. The van der Waals surface area contributed by atoms with E-state index in [1.807, 2.05) is 6.08 Å². The van der Waals surface area contributed by atoms with Crippen molar-refractivity contribution in [2.75, 3.05) is 39.9 Å². The summed E-state index contributed by atoms with van der Waals surface area (Å²) in [6, 6.07) is 0. The molecule has 0 aromatic rings. The van der Waals surface area contributed by atoms with Gasteiger partial charge < -0.3 is 9.84 Å². The molecule has 7 nitrogen and oxygen atoms in total. The molecule has 2 heterocycles. The zero-order valence-electron chi connectivity index (χ0n) is 12.2. The zero-order valence-corrected chi connectivity index (χ0v) is 13.0. The Morgan fingerprint density at radius 2 is 2.00 bits per heavy atom. The zero-order chi connectivity index (χ0) is 15.5. The molecule has 2 aliphatic heterocycles. The van der Waals surface area contributed by atoms with Crippen molar-refractivity contribution in [3.8, 4) is 0 Å². The van der Waals surface area contributed by atoms with Crippen LogP contribution in [-0.2, 0) is 19.7 Å². The molecule has 1 fully saturated rings. The van der Waals surface area contributed by atoms with Gasteiger partial charge in [-0.05, 0) is 24.8 Å². The lowest BCUT2D eigenvalue weighted by Gasteiger charge is -2.35. The quantitative estimate of drug-likeness (QED) is 0.737. The van der Waals surface area contributed by atoms with Crippen LogP contribution in [0.15, 0.2) is 11.6 Å². The molecule has 0 bridgehead atoms. The predicted octanol–water partition coefficient (Wildman–Crippen LogP) is 0.306.